The van der Waals surface area contributed by atoms with Gasteiger partial charge in [-0.1, -0.05) is 0 Å². The molecule has 43 heavy (non-hydrogen) atoms. The third-order valence-corrected chi connectivity index (χ3v) is 8.64. The lowest BCUT2D eigenvalue weighted by Crippen LogP contribution is -2.02. The van der Waals surface area contributed by atoms with E-state index in [0.717, 1.165) is 72.3 Å². The van der Waals surface area contributed by atoms with Crippen molar-refractivity contribution in [3.8, 4) is 0 Å². The van der Waals surface area contributed by atoms with Crippen LogP contribution in [0.25, 0.3) is 44.4 Å². The number of hydrogen-bond donors (Lipinski definition) is 6. The number of aliphatic hydroxyl groups excluding tert-OH is 3. The number of allylic oxidation sites excluding steroid dienone is 3. The van der Waals surface area contributed by atoms with Crippen molar-refractivity contribution in [3.05, 3.63) is 69.3 Å². The second kappa shape index (κ2) is 11.9. The minimum atomic E-state index is -0.876. The van der Waals surface area contributed by atoms with Gasteiger partial charge in [0, 0.05) is 46.2 Å². The first-order valence-corrected chi connectivity index (χ1v) is 14.8. The summed E-state index contributed by atoms with van der Waals surface area (Å²) < 4.78 is 0. The third kappa shape index (κ3) is 5.68. The fourth-order valence-electron chi connectivity index (χ4n) is 6.34. The van der Waals surface area contributed by atoms with E-state index < -0.39 is 18.2 Å². The number of aromatic nitrogens is 4. The second-order valence-corrected chi connectivity index (χ2v) is 11.6. The van der Waals surface area contributed by atoms with Gasteiger partial charge < -0.3 is 30.4 Å². The number of carboxylic acids is 1. The average Bonchev–Trinajstić information content (AvgIpc) is 3.59. The Balaban J connectivity index is 1.96. The van der Waals surface area contributed by atoms with Crippen LogP contribution in [0.3, 0.4) is 0 Å². The molecule has 2 aliphatic rings. The predicted molar refractivity (Wildman–Crippen MR) is 170 cm³/mol. The van der Waals surface area contributed by atoms with E-state index in [2.05, 4.69) is 9.97 Å². The maximum Gasteiger partial charge on any atom is 0.303 e. The molecule has 0 aromatic carbocycles. The summed E-state index contributed by atoms with van der Waals surface area (Å²) in [7, 11) is 0. The molecule has 5 rings (SSSR count). The van der Waals surface area contributed by atoms with Gasteiger partial charge in [-0.05, 0) is 118 Å². The highest BCUT2D eigenvalue weighted by Gasteiger charge is 2.23. The van der Waals surface area contributed by atoms with E-state index in [9.17, 15) is 25.2 Å². The topological polar surface area (TPSA) is 155 Å². The van der Waals surface area contributed by atoms with Crippen molar-refractivity contribution in [1.29, 1.82) is 0 Å². The van der Waals surface area contributed by atoms with Gasteiger partial charge in [-0.15, -0.1) is 0 Å². The van der Waals surface area contributed by atoms with Crippen molar-refractivity contribution in [3.63, 3.8) is 0 Å². The van der Waals surface area contributed by atoms with Crippen molar-refractivity contribution < 1.29 is 25.2 Å². The van der Waals surface area contributed by atoms with Gasteiger partial charge in [0.2, 0.25) is 0 Å². The van der Waals surface area contributed by atoms with Crippen molar-refractivity contribution in [1.82, 2.24) is 19.9 Å². The standard InChI is InChI=1S/C34H40N4O5/c1-16-22(8-7-11-39)28-15-29-23(9-10-32(42)43)17(2)24(35-29)12-26-18(3)33(20(5)40)31(37-26)14-27-19(4)34(21(6)41)30(38-27)13-25(16)36-28/h12-15,20-21,36-37,39-41H,7-11H2,1-6H3,(H,42,43). The highest BCUT2D eigenvalue weighted by atomic mass is 16.4. The molecule has 0 saturated carbocycles. The maximum atomic E-state index is 11.6. The van der Waals surface area contributed by atoms with Crippen molar-refractivity contribution in [2.24, 2.45) is 0 Å². The molecule has 0 spiro atoms. The summed E-state index contributed by atoms with van der Waals surface area (Å²) in [6.07, 6.45) is 0.0375. The van der Waals surface area contributed by atoms with Gasteiger partial charge in [-0.25, -0.2) is 9.97 Å². The number of aromatic amines is 2. The summed E-state index contributed by atoms with van der Waals surface area (Å²) in [6, 6.07) is 7.78. The predicted octanol–water partition coefficient (Wildman–Crippen LogP) is 6.02. The lowest BCUT2D eigenvalue weighted by Gasteiger charge is -2.07. The Hall–Kier alpha value is -4.05. The van der Waals surface area contributed by atoms with Gasteiger partial charge in [0.25, 0.3) is 0 Å². The Morgan fingerprint density at radius 1 is 0.767 bits per heavy atom. The molecule has 0 saturated heterocycles. The number of aliphatic hydroxyl groups is 3. The molecule has 226 valence electrons. The van der Waals surface area contributed by atoms with Crippen LogP contribution in [0.1, 0.15) is 98.1 Å². The number of carbonyl (C=O) groups is 1. The van der Waals surface area contributed by atoms with Gasteiger partial charge in [0.1, 0.15) is 0 Å². The smallest absolute Gasteiger partial charge is 0.303 e. The number of H-pyrrole nitrogens is 2. The molecule has 2 unspecified atom stereocenters. The molecular formula is C34H40N4O5. The zero-order valence-corrected chi connectivity index (χ0v) is 25.6. The zero-order valence-electron chi connectivity index (χ0n) is 25.6. The fourth-order valence-corrected chi connectivity index (χ4v) is 6.34. The van der Waals surface area contributed by atoms with Crippen molar-refractivity contribution in [2.45, 2.75) is 79.4 Å². The first-order chi connectivity index (χ1) is 20.4. The molecule has 3 aromatic rings. The molecule has 9 nitrogen and oxygen atoms in total. The maximum absolute atomic E-state index is 11.6. The number of hydrogen-bond acceptors (Lipinski definition) is 6. The molecule has 0 fully saturated rings. The molecule has 3 aromatic heterocycles. The molecule has 2 aliphatic heterocycles. The van der Waals surface area contributed by atoms with E-state index in [0.29, 0.717) is 36.3 Å². The van der Waals surface area contributed by atoms with E-state index in [1.54, 1.807) is 13.8 Å². The van der Waals surface area contributed by atoms with Crippen molar-refractivity contribution >= 4 is 50.3 Å². The quantitative estimate of drug-likeness (QED) is 0.189. The molecule has 0 radical (unpaired) electrons. The minimum Gasteiger partial charge on any atom is -0.481 e. The number of aryl methyl sites for hydroxylation is 3. The highest BCUT2D eigenvalue weighted by molar-refractivity contribution is 5.96. The molecule has 9 heteroatoms. The van der Waals surface area contributed by atoms with Gasteiger partial charge in [-0.2, -0.15) is 0 Å². The van der Waals surface area contributed by atoms with Crippen LogP contribution in [0.5, 0.6) is 0 Å². The molecule has 0 aliphatic carbocycles. The van der Waals surface area contributed by atoms with Gasteiger partial charge in [0.05, 0.1) is 35.0 Å². The van der Waals surface area contributed by atoms with E-state index >= 15 is 0 Å². The molecule has 0 amide bonds. The summed E-state index contributed by atoms with van der Waals surface area (Å²) in [6.45, 7) is 11.4. The Bertz CT molecular complexity index is 1840. The third-order valence-electron chi connectivity index (χ3n) is 8.64. The number of carboxylic acid groups (broad SMARTS) is 1. The number of rotatable bonds is 8. The molecule has 2 atom stereocenters. The van der Waals surface area contributed by atoms with Crippen LogP contribution in [0.4, 0.5) is 0 Å². The first-order valence-electron chi connectivity index (χ1n) is 14.8. The molecular weight excluding hydrogens is 544 g/mol. The summed E-state index contributed by atoms with van der Waals surface area (Å²) in [5.41, 5.74) is 13.0. The van der Waals surface area contributed by atoms with Gasteiger partial charge in [0.15, 0.2) is 0 Å². The van der Waals surface area contributed by atoms with Crippen LogP contribution in [0.15, 0.2) is 24.3 Å². The zero-order chi connectivity index (χ0) is 31.2. The molecule has 8 bridgehead atoms. The lowest BCUT2D eigenvalue weighted by molar-refractivity contribution is -0.136. The van der Waals surface area contributed by atoms with Crippen LogP contribution < -0.4 is 0 Å². The Morgan fingerprint density at radius 2 is 1.35 bits per heavy atom. The SMILES string of the molecule is CC1=C(CCC(=O)O)c2cc3[nH]c(cc4nc(cc5[nH]c(cc1n2)c(C)c5C(C)O)C(C)=C4C(C)O)c(C)c3CCCO. The molecule has 5 heterocycles. The first kappa shape index (κ1) is 30.4. The van der Waals surface area contributed by atoms with E-state index in [1.807, 2.05) is 52.0 Å². The van der Waals surface area contributed by atoms with Crippen LogP contribution in [0, 0.1) is 13.8 Å². The Kier molecular flexibility index (Phi) is 8.42. The minimum absolute atomic E-state index is 0.0218. The van der Waals surface area contributed by atoms with E-state index in [4.69, 9.17) is 9.97 Å². The monoisotopic (exact) mass is 584 g/mol. The van der Waals surface area contributed by atoms with Crippen LogP contribution in [-0.2, 0) is 11.2 Å². The average molecular weight is 585 g/mol. The Labute approximate surface area is 250 Å². The number of fused-ring (bicyclic) bond motifs is 8. The van der Waals surface area contributed by atoms with Gasteiger partial charge >= 0.3 is 5.97 Å². The number of nitrogens with one attached hydrogen (secondary N) is 2. The normalized spacial score (nSPS) is 14.9. The summed E-state index contributed by atoms with van der Waals surface area (Å²) >= 11 is 0. The van der Waals surface area contributed by atoms with E-state index in [-0.39, 0.29) is 13.0 Å². The van der Waals surface area contributed by atoms with Crippen LogP contribution >= 0.6 is 0 Å². The number of aliphatic carboxylic acids is 1. The van der Waals surface area contributed by atoms with E-state index in [1.165, 1.54) is 0 Å². The van der Waals surface area contributed by atoms with Crippen molar-refractivity contribution in [2.75, 3.05) is 6.61 Å². The van der Waals surface area contributed by atoms with Gasteiger partial charge in [-0.3, -0.25) is 4.79 Å². The van der Waals surface area contributed by atoms with Crippen LogP contribution in [0.2, 0.25) is 0 Å². The summed E-state index contributed by atoms with van der Waals surface area (Å²) in [5, 5.41) is 40.7. The van der Waals surface area contributed by atoms with Crippen LogP contribution in [-0.4, -0.2) is 59.0 Å². The largest absolute Gasteiger partial charge is 0.481 e. The number of nitrogens with zero attached hydrogens (tertiary/aromatic N) is 2. The molecule has 6 N–H and O–H groups in total. The Morgan fingerprint density at radius 3 is 2.00 bits per heavy atom. The fraction of sp³-hybridized carbons (Fsp3) is 0.382. The summed E-state index contributed by atoms with van der Waals surface area (Å²) in [5.74, 6) is -0.876. The lowest BCUT2D eigenvalue weighted by atomic mass is 9.99. The highest BCUT2D eigenvalue weighted by Crippen LogP contribution is 2.37. The second-order valence-electron chi connectivity index (χ2n) is 11.6. The summed E-state index contributed by atoms with van der Waals surface area (Å²) in [4.78, 5) is 28.5.